The summed E-state index contributed by atoms with van der Waals surface area (Å²) in [5.74, 6) is -0.0235. The van der Waals surface area contributed by atoms with E-state index in [2.05, 4.69) is 5.10 Å². The lowest BCUT2D eigenvalue weighted by molar-refractivity contribution is 0.0670. The fourth-order valence-electron chi connectivity index (χ4n) is 2.15. The fourth-order valence-corrected chi connectivity index (χ4v) is 3.23. The summed E-state index contributed by atoms with van der Waals surface area (Å²) in [6.45, 7) is 6.19. The monoisotopic (exact) mass is 281 g/mol. The van der Waals surface area contributed by atoms with Crippen molar-refractivity contribution >= 4 is 27.5 Å². The maximum absolute atomic E-state index is 12.5. The van der Waals surface area contributed by atoms with Crippen LogP contribution in [0.2, 0.25) is 0 Å². The Bertz CT molecular complexity index is 566. The van der Waals surface area contributed by atoms with Crippen LogP contribution in [0.25, 0.3) is 10.2 Å². The first kappa shape index (κ1) is 14.0. The Kier molecular flexibility index (Phi) is 3.91. The highest BCUT2D eigenvalue weighted by Gasteiger charge is 2.21. The summed E-state index contributed by atoms with van der Waals surface area (Å²) in [5, 5.41) is 14.4. The summed E-state index contributed by atoms with van der Waals surface area (Å²) in [7, 11) is 1.88. The highest BCUT2D eigenvalue weighted by molar-refractivity contribution is 7.20. The molecule has 2 aromatic rings. The van der Waals surface area contributed by atoms with Crippen LogP contribution in [0.4, 0.5) is 0 Å². The smallest absolute Gasteiger partial charge is 0.264 e. The van der Waals surface area contributed by atoms with E-state index in [1.807, 2.05) is 33.9 Å². The molecule has 0 spiro atoms. The number of aromatic nitrogens is 2. The lowest BCUT2D eigenvalue weighted by atomic mass is 10.2. The van der Waals surface area contributed by atoms with Crippen LogP contribution in [0.3, 0.4) is 0 Å². The second kappa shape index (κ2) is 5.30. The van der Waals surface area contributed by atoms with Crippen LogP contribution in [0.1, 0.15) is 29.2 Å². The summed E-state index contributed by atoms with van der Waals surface area (Å²) in [6, 6.07) is 1.97. The molecular formula is C13H19N3O2S. The normalized spacial score (nSPS) is 11.5. The first-order valence-electron chi connectivity index (χ1n) is 6.30. The Morgan fingerprint density at radius 2 is 2.26 bits per heavy atom. The first-order chi connectivity index (χ1) is 8.95. The maximum atomic E-state index is 12.5. The van der Waals surface area contributed by atoms with E-state index in [0.29, 0.717) is 11.4 Å². The predicted molar refractivity (Wildman–Crippen MR) is 76.6 cm³/mol. The number of hydrogen-bond donors (Lipinski definition) is 1. The van der Waals surface area contributed by atoms with Crippen LogP contribution >= 0.6 is 11.3 Å². The third kappa shape index (κ3) is 2.50. The van der Waals surface area contributed by atoms with E-state index >= 15 is 0 Å². The molecule has 2 rings (SSSR count). The van der Waals surface area contributed by atoms with Crippen LogP contribution in [0.15, 0.2) is 6.07 Å². The van der Waals surface area contributed by atoms with Crippen molar-refractivity contribution in [1.29, 1.82) is 0 Å². The van der Waals surface area contributed by atoms with Crippen molar-refractivity contribution in [2.75, 3.05) is 13.2 Å². The molecular weight excluding hydrogens is 262 g/mol. The van der Waals surface area contributed by atoms with E-state index in [4.69, 9.17) is 5.11 Å². The van der Waals surface area contributed by atoms with Gasteiger partial charge in [-0.1, -0.05) is 0 Å². The Balaban J connectivity index is 2.37. The summed E-state index contributed by atoms with van der Waals surface area (Å²) in [5.41, 5.74) is 0.936. The number of aliphatic hydroxyl groups excluding tert-OH is 1. The zero-order valence-electron chi connectivity index (χ0n) is 11.7. The molecule has 0 atom stereocenters. The molecule has 0 saturated heterocycles. The van der Waals surface area contributed by atoms with Crippen molar-refractivity contribution in [3.05, 3.63) is 16.6 Å². The lowest BCUT2D eigenvalue weighted by Gasteiger charge is -2.25. The van der Waals surface area contributed by atoms with Crippen LogP contribution < -0.4 is 0 Å². The molecule has 0 aliphatic rings. The number of fused-ring (bicyclic) bond motifs is 1. The average molecular weight is 281 g/mol. The molecule has 1 amide bonds. The van der Waals surface area contributed by atoms with Crippen LogP contribution in [0, 0.1) is 6.92 Å². The quantitative estimate of drug-likeness (QED) is 0.929. The molecule has 19 heavy (non-hydrogen) atoms. The standard InChI is InChI=1S/C13H19N3O2S/c1-8(2)16(5-6-17)12(18)11-7-10-9(3)14-15(4)13(10)19-11/h7-8,17H,5-6H2,1-4H3. The molecule has 5 nitrogen and oxygen atoms in total. The highest BCUT2D eigenvalue weighted by atomic mass is 32.1. The number of hydrogen-bond acceptors (Lipinski definition) is 4. The zero-order chi connectivity index (χ0) is 14.2. The number of carbonyl (C=O) groups is 1. The van der Waals surface area contributed by atoms with Gasteiger partial charge in [-0.3, -0.25) is 9.48 Å². The third-order valence-corrected chi connectivity index (χ3v) is 4.32. The highest BCUT2D eigenvalue weighted by Crippen LogP contribution is 2.28. The molecule has 0 fully saturated rings. The topological polar surface area (TPSA) is 58.4 Å². The van der Waals surface area contributed by atoms with E-state index in [1.165, 1.54) is 11.3 Å². The van der Waals surface area contributed by atoms with Crippen molar-refractivity contribution in [2.45, 2.75) is 26.8 Å². The van der Waals surface area contributed by atoms with Crippen molar-refractivity contribution in [3.63, 3.8) is 0 Å². The molecule has 1 N–H and O–H groups in total. The Labute approximate surface area is 116 Å². The largest absolute Gasteiger partial charge is 0.395 e. The van der Waals surface area contributed by atoms with E-state index < -0.39 is 0 Å². The van der Waals surface area contributed by atoms with Crippen molar-refractivity contribution < 1.29 is 9.90 Å². The number of aliphatic hydroxyl groups is 1. The molecule has 0 saturated carbocycles. The average Bonchev–Trinajstić information content (AvgIpc) is 2.88. The molecule has 0 aliphatic carbocycles. The molecule has 0 unspecified atom stereocenters. The number of aryl methyl sites for hydroxylation is 2. The van der Waals surface area contributed by atoms with Gasteiger partial charge in [-0.2, -0.15) is 5.10 Å². The van der Waals surface area contributed by atoms with Gasteiger partial charge in [0.15, 0.2) is 0 Å². The Hall–Kier alpha value is -1.40. The lowest BCUT2D eigenvalue weighted by Crippen LogP contribution is -2.38. The summed E-state index contributed by atoms with van der Waals surface area (Å²) < 4.78 is 1.80. The third-order valence-electron chi connectivity index (χ3n) is 3.13. The van der Waals surface area contributed by atoms with Gasteiger partial charge in [-0.15, -0.1) is 11.3 Å². The van der Waals surface area contributed by atoms with Gasteiger partial charge in [-0.25, -0.2) is 0 Å². The first-order valence-corrected chi connectivity index (χ1v) is 7.12. The number of nitrogens with zero attached hydrogens (tertiary/aromatic N) is 3. The molecule has 2 heterocycles. The van der Waals surface area contributed by atoms with Gasteiger partial charge >= 0.3 is 0 Å². The van der Waals surface area contributed by atoms with Gasteiger partial charge in [0, 0.05) is 25.0 Å². The second-order valence-electron chi connectivity index (χ2n) is 4.85. The number of carbonyl (C=O) groups excluding carboxylic acids is 1. The van der Waals surface area contributed by atoms with E-state index in [1.54, 1.807) is 9.58 Å². The number of thiophene rings is 1. The Morgan fingerprint density at radius 1 is 1.58 bits per heavy atom. The minimum absolute atomic E-state index is 0.0185. The molecule has 2 aromatic heterocycles. The molecule has 0 radical (unpaired) electrons. The summed E-state index contributed by atoms with van der Waals surface area (Å²) in [6.07, 6.45) is 0. The SMILES string of the molecule is Cc1nn(C)c2sc(C(=O)N(CCO)C(C)C)cc12. The van der Waals surface area contributed by atoms with Gasteiger partial charge in [0.1, 0.15) is 4.83 Å². The number of rotatable bonds is 4. The predicted octanol–water partition coefficient (Wildman–Crippen LogP) is 1.79. The van der Waals surface area contributed by atoms with Gasteiger partial charge in [-0.05, 0) is 26.8 Å². The summed E-state index contributed by atoms with van der Waals surface area (Å²) in [4.78, 5) is 15.9. The van der Waals surface area contributed by atoms with Crippen LogP contribution in [0.5, 0.6) is 0 Å². The minimum atomic E-state index is -0.0235. The van der Waals surface area contributed by atoms with Gasteiger partial charge < -0.3 is 10.0 Å². The van der Waals surface area contributed by atoms with Gasteiger partial charge in [0.2, 0.25) is 0 Å². The van der Waals surface area contributed by atoms with E-state index in [9.17, 15) is 4.79 Å². The second-order valence-corrected chi connectivity index (χ2v) is 5.89. The molecule has 0 aliphatic heterocycles. The summed E-state index contributed by atoms with van der Waals surface area (Å²) >= 11 is 1.45. The van der Waals surface area contributed by atoms with Crippen LogP contribution in [-0.4, -0.2) is 44.9 Å². The molecule has 0 aromatic carbocycles. The fraction of sp³-hybridized carbons (Fsp3) is 0.538. The van der Waals surface area contributed by atoms with Gasteiger partial charge in [0.25, 0.3) is 5.91 Å². The minimum Gasteiger partial charge on any atom is -0.395 e. The zero-order valence-corrected chi connectivity index (χ0v) is 12.5. The molecule has 104 valence electrons. The maximum Gasteiger partial charge on any atom is 0.264 e. The molecule has 6 heteroatoms. The van der Waals surface area contributed by atoms with Crippen molar-refractivity contribution in [2.24, 2.45) is 7.05 Å². The number of amides is 1. The van der Waals surface area contributed by atoms with E-state index in [0.717, 1.165) is 15.9 Å². The van der Waals surface area contributed by atoms with Gasteiger partial charge in [0.05, 0.1) is 17.2 Å². The van der Waals surface area contributed by atoms with Crippen molar-refractivity contribution in [1.82, 2.24) is 14.7 Å². The van der Waals surface area contributed by atoms with Crippen molar-refractivity contribution in [3.8, 4) is 0 Å². The molecule has 0 bridgehead atoms. The van der Waals surface area contributed by atoms with Crippen LogP contribution in [-0.2, 0) is 7.05 Å². The Morgan fingerprint density at radius 3 is 2.79 bits per heavy atom. The van der Waals surface area contributed by atoms with E-state index in [-0.39, 0.29) is 18.6 Å².